The van der Waals surface area contributed by atoms with E-state index in [4.69, 9.17) is 11.2 Å². The zero-order chi connectivity index (χ0) is 13.6. The van der Waals surface area contributed by atoms with Crippen LogP contribution in [0.1, 0.15) is 51.4 Å². The van der Waals surface area contributed by atoms with Gasteiger partial charge in [-0.3, -0.25) is 0 Å². The fourth-order valence-corrected chi connectivity index (χ4v) is 3.20. The molecule has 108 valence electrons. The van der Waals surface area contributed by atoms with Gasteiger partial charge in [0.1, 0.15) is 5.60 Å². The summed E-state index contributed by atoms with van der Waals surface area (Å²) in [7, 11) is 0. The number of aliphatic hydroxyl groups excluding tert-OH is 1. The Bertz CT molecular complexity index is 298. The molecular formula is C16H27NO2. The van der Waals surface area contributed by atoms with E-state index in [1.54, 1.807) is 0 Å². The van der Waals surface area contributed by atoms with Crippen LogP contribution in [-0.4, -0.2) is 48.0 Å². The maximum atomic E-state index is 10.1. The fraction of sp³-hybridized carbons (Fsp3) is 0.875. The number of nitrogens with zero attached hydrogens (tertiary/aromatic N) is 1. The third-order valence-corrected chi connectivity index (χ3v) is 4.39. The molecule has 0 bridgehead atoms. The van der Waals surface area contributed by atoms with Crippen molar-refractivity contribution >= 4 is 0 Å². The zero-order valence-electron chi connectivity index (χ0n) is 11.9. The summed E-state index contributed by atoms with van der Waals surface area (Å²) >= 11 is 0. The van der Waals surface area contributed by atoms with E-state index in [0.29, 0.717) is 6.61 Å². The van der Waals surface area contributed by atoms with Gasteiger partial charge in [-0.2, -0.15) is 0 Å². The lowest BCUT2D eigenvalue weighted by molar-refractivity contribution is -0.0704. The number of rotatable bonds is 5. The van der Waals surface area contributed by atoms with Gasteiger partial charge in [0.05, 0.1) is 12.7 Å². The number of aliphatic hydroxyl groups is 1. The fourth-order valence-electron chi connectivity index (χ4n) is 3.20. The molecule has 0 aromatic heterocycles. The van der Waals surface area contributed by atoms with Gasteiger partial charge < -0.3 is 14.7 Å². The minimum atomic E-state index is -0.412. The molecule has 1 aliphatic heterocycles. The Morgan fingerprint density at radius 3 is 2.37 bits per heavy atom. The molecule has 1 atom stereocenters. The van der Waals surface area contributed by atoms with Crippen LogP contribution in [0.5, 0.6) is 0 Å². The average molecular weight is 265 g/mol. The second-order valence-corrected chi connectivity index (χ2v) is 6.03. The van der Waals surface area contributed by atoms with Crippen LogP contribution in [0.25, 0.3) is 0 Å². The van der Waals surface area contributed by atoms with Gasteiger partial charge in [-0.25, -0.2) is 0 Å². The molecule has 2 rings (SSSR count). The van der Waals surface area contributed by atoms with Crippen LogP contribution in [0.2, 0.25) is 0 Å². The Kier molecular flexibility index (Phi) is 5.69. The maximum absolute atomic E-state index is 10.1. The largest absolute Gasteiger partial charge is 0.389 e. The smallest absolute Gasteiger partial charge is 0.128 e. The number of ether oxygens (including phenoxy) is 1. The highest BCUT2D eigenvalue weighted by atomic mass is 16.5. The van der Waals surface area contributed by atoms with Crippen molar-refractivity contribution < 1.29 is 9.84 Å². The van der Waals surface area contributed by atoms with E-state index >= 15 is 0 Å². The normalized spacial score (nSPS) is 25.7. The van der Waals surface area contributed by atoms with E-state index in [-0.39, 0.29) is 0 Å². The Balaban J connectivity index is 1.72. The molecule has 1 unspecified atom stereocenters. The molecule has 19 heavy (non-hydrogen) atoms. The molecule has 0 aromatic rings. The first kappa shape index (κ1) is 14.8. The summed E-state index contributed by atoms with van der Waals surface area (Å²) in [6, 6.07) is 0. The summed E-state index contributed by atoms with van der Waals surface area (Å²) in [5.74, 6) is 2.83. The van der Waals surface area contributed by atoms with Gasteiger partial charge in [0.15, 0.2) is 0 Å². The summed E-state index contributed by atoms with van der Waals surface area (Å²) in [6.07, 6.45) is 14.5. The van der Waals surface area contributed by atoms with E-state index in [9.17, 15) is 5.11 Å². The Morgan fingerprint density at radius 2 is 1.74 bits per heavy atom. The standard InChI is InChI=1S/C16H27NO2/c1-2-16(9-5-3-6-10-16)19-14-15(18)13-17-11-7-4-8-12-17/h1,15,18H,3-14H2. The third kappa shape index (κ3) is 4.49. The SMILES string of the molecule is C#CC1(OCC(O)CN2CCCCC2)CCCCC1. The van der Waals surface area contributed by atoms with Crippen molar-refractivity contribution in [2.75, 3.05) is 26.2 Å². The summed E-state index contributed by atoms with van der Waals surface area (Å²) in [5.41, 5.74) is -0.402. The monoisotopic (exact) mass is 265 g/mol. The molecule has 1 aliphatic carbocycles. The minimum Gasteiger partial charge on any atom is -0.389 e. The highest BCUT2D eigenvalue weighted by molar-refractivity contribution is 5.09. The quantitative estimate of drug-likeness (QED) is 0.773. The molecule has 0 radical (unpaired) electrons. The van der Waals surface area contributed by atoms with Crippen LogP contribution in [0, 0.1) is 12.3 Å². The number of terminal acetylenes is 1. The number of likely N-dealkylation sites (tertiary alicyclic amines) is 1. The molecule has 3 heteroatoms. The van der Waals surface area contributed by atoms with Crippen LogP contribution >= 0.6 is 0 Å². The number of hydrogen-bond donors (Lipinski definition) is 1. The van der Waals surface area contributed by atoms with Gasteiger partial charge in [0.25, 0.3) is 0 Å². The lowest BCUT2D eigenvalue weighted by atomic mass is 9.85. The lowest BCUT2D eigenvalue weighted by Crippen LogP contribution is -2.41. The van der Waals surface area contributed by atoms with Gasteiger partial charge in [0.2, 0.25) is 0 Å². The first-order valence-corrected chi connectivity index (χ1v) is 7.76. The van der Waals surface area contributed by atoms with Crippen LogP contribution in [-0.2, 0) is 4.74 Å². The van der Waals surface area contributed by atoms with E-state index in [0.717, 1.165) is 45.3 Å². The van der Waals surface area contributed by atoms with Crippen molar-refractivity contribution in [3.05, 3.63) is 0 Å². The van der Waals surface area contributed by atoms with E-state index in [1.807, 2.05) is 0 Å². The van der Waals surface area contributed by atoms with Gasteiger partial charge in [-0.15, -0.1) is 6.42 Å². The van der Waals surface area contributed by atoms with E-state index in [2.05, 4.69) is 10.8 Å². The molecule has 1 saturated heterocycles. The first-order valence-electron chi connectivity index (χ1n) is 7.76. The highest BCUT2D eigenvalue weighted by Gasteiger charge is 2.31. The molecule has 0 spiro atoms. The Morgan fingerprint density at radius 1 is 1.11 bits per heavy atom. The van der Waals surface area contributed by atoms with Crippen LogP contribution in [0.3, 0.4) is 0 Å². The molecule has 1 N–H and O–H groups in total. The predicted octanol–water partition coefficient (Wildman–Crippen LogP) is 2.19. The van der Waals surface area contributed by atoms with Gasteiger partial charge in [0, 0.05) is 6.54 Å². The molecule has 0 amide bonds. The molecule has 1 heterocycles. The predicted molar refractivity (Wildman–Crippen MR) is 76.9 cm³/mol. The summed E-state index contributed by atoms with van der Waals surface area (Å²) in [5, 5.41) is 10.1. The second-order valence-electron chi connectivity index (χ2n) is 6.03. The maximum Gasteiger partial charge on any atom is 0.128 e. The van der Waals surface area contributed by atoms with E-state index < -0.39 is 11.7 Å². The van der Waals surface area contributed by atoms with Gasteiger partial charge in [-0.1, -0.05) is 18.8 Å². The van der Waals surface area contributed by atoms with Gasteiger partial charge in [-0.05, 0) is 51.6 Å². The third-order valence-electron chi connectivity index (χ3n) is 4.39. The topological polar surface area (TPSA) is 32.7 Å². The van der Waals surface area contributed by atoms with Crippen molar-refractivity contribution in [2.45, 2.75) is 63.1 Å². The van der Waals surface area contributed by atoms with Crippen LogP contribution in [0.4, 0.5) is 0 Å². The second kappa shape index (κ2) is 7.28. The van der Waals surface area contributed by atoms with Crippen LogP contribution < -0.4 is 0 Å². The lowest BCUT2D eigenvalue weighted by Gasteiger charge is -2.34. The summed E-state index contributed by atoms with van der Waals surface area (Å²) < 4.78 is 5.91. The number of piperidine rings is 1. The average Bonchev–Trinajstić information content (AvgIpc) is 2.47. The summed E-state index contributed by atoms with van der Waals surface area (Å²) in [4.78, 5) is 2.33. The number of β-amino-alcohol motifs (C(OH)–C–C–N with tert-alkyl or cyclic N) is 1. The molecule has 3 nitrogen and oxygen atoms in total. The van der Waals surface area contributed by atoms with E-state index in [1.165, 1.54) is 25.7 Å². The molecule has 2 fully saturated rings. The van der Waals surface area contributed by atoms with Crippen LogP contribution in [0.15, 0.2) is 0 Å². The molecule has 2 aliphatic rings. The highest BCUT2D eigenvalue weighted by Crippen LogP contribution is 2.31. The Hall–Kier alpha value is -0.560. The van der Waals surface area contributed by atoms with Crippen molar-refractivity contribution in [1.82, 2.24) is 4.90 Å². The summed E-state index contributed by atoms with van der Waals surface area (Å²) in [6.45, 7) is 3.32. The first-order chi connectivity index (χ1) is 9.24. The van der Waals surface area contributed by atoms with Crippen molar-refractivity contribution in [3.63, 3.8) is 0 Å². The van der Waals surface area contributed by atoms with Gasteiger partial charge >= 0.3 is 0 Å². The minimum absolute atomic E-state index is 0.376. The molecule has 1 saturated carbocycles. The van der Waals surface area contributed by atoms with Crippen molar-refractivity contribution in [1.29, 1.82) is 0 Å². The number of hydrogen-bond acceptors (Lipinski definition) is 3. The Labute approximate surface area is 117 Å². The molecular weight excluding hydrogens is 238 g/mol. The van der Waals surface area contributed by atoms with Crippen molar-refractivity contribution in [2.24, 2.45) is 0 Å². The van der Waals surface area contributed by atoms with Crippen molar-refractivity contribution in [3.8, 4) is 12.3 Å². The zero-order valence-corrected chi connectivity index (χ0v) is 11.9. The molecule has 0 aromatic carbocycles.